The molecule has 3 N–H and O–H groups in total. The predicted octanol–water partition coefficient (Wildman–Crippen LogP) is 0.491. The van der Waals surface area contributed by atoms with Gasteiger partial charge in [0.05, 0.1) is 0 Å². The zero-order valence-corrected chi connectivity index (χ0v) is 11.3. The van der Waals surface area contributed by atoms with Gasteiger partial charge in [0, 0.05) is 13.1 Å². The Morgan fingerprint density at radius 1 is 1.50 bits per heavy atom. The van der Waals surface area contributed by atoms with Gasteiger partial charge in [-0.2, -0.15) is 0 Å². The first kappa shape index (κ1) is 14.8. The van der Waals surface area contributed by atoms with Crippen LogP contribution in [0.4, 0.5) is 4.79 Å². The molecule has 2 unspecified atom stereocenters. The topological polar surface area (TPSA) is 81.7 Å². The number of carboxylic acid groups (broad SMARTS) is 1. The molecule has 0 aromatic heterocycles. The molecule has 1 rings (SSSR count). The highest BCUT2D eigenvalue weighted by molar-refractivity contribution is 5.85. The molecule has 2 atom stereocenters. The van der Waals surface area contributed by atoms with Crippen LogP contribution in [0.1, 0.15) is 26.7 Å². The summed E-state index contributed by atoms with van der Waals surface area (Å²) in [6, 6.07) is -0.406. The third kappa shape index (κ3) is 3.87. The normalized spacial score (nSPS) is 23.4. The van der Waals surface area contributed by atoms with Crippen molar-refractivity contribution in [3.63, 3.8) is 0 Å². The van der Waals surface area contributed by atoms with Crippen LogP contribution in [-0.4, -0.2) is 54.2 Å². The first-order chi connectivity index (χ1) is 8.37. The number of nitrogens with zero attached hydrogens (tertiary/aromatic N) is 1. The third-order valence-corrected chi connectivity index (χ3v) is 3.61. The molecule has 6 heteroatoms. The molecule has 0 bridgehead atoms. The van der Waals surface area contributed by atoms with Crippen molar-refractivity contribution < 1.29 is 14.7 Å². The summed E-state index contributed by atoms with van der Waals surface area (Å²) in [6.07, 6.45) is 1.42. The predicted molar refractivity (Wildman–Crippen MR) is 68.5 cm³/mol. The van der Waals surface area contributed by atoms with E-state index in [0.717, 1.165) is 19.5 Å². The van der Waals surface area contributed by atoms with Gasteiger partial charge in [-0.3, -0.25) is 0 Å². The summed E-state index contributed by atoms with van der Waals surface area (Å²) in [5.74, 6) is -0.556. The Hall–Kier alpha value is -1.30. The van der Waals surface area contributed by atoms with Gasteiger partial charge in [0.1, 0.15) is 5.54 Å². The second-order valence-corrected chi connectivity index (χ2v) is 5.24. The van der Waals surface area contributed by atoms with Gasteiger partial charge >= 0.3 is 12.0 Å². The van der Waals surface area contributed by atoms with Crippen molar-refractivity contribution in [2.24, 2.45) is 5.92 Å². The number of hydrogen-bond acceptors (Lipinski definition) is 3. The van der Waals surface area contributed by atoms with Gasteiger partial charge in [-0.25, -0.2) is 9.59 Å². The summed E-state index contributed by atoms with van der Waals surface area (Å²) in [4.78, 5) is 24.9. The minimum atomic E-state index is -1.20. The second-order valence-electron chi connectivity index (χ2n) is 5.24. The Bertz CT molecular complexity index is 322. The molecule has 1 fully saturated rings. The molecule has 0 aliphatic carbocycles. The molecule has 1 saturated heterocycles. The molecule has 1 aliphatic heterocycles. The molecule has 0 aromatic rings. The maximum Gasteiger partial charge on any atom is 0.329 e. The van der Waals surface area contributed by atoms with Crippen LogP contribution < -0.4 is 10.6 Å². The van der Waals surface area contributed by atoms with Crippen LogP contribution in [0, 0.1) is 5.92 Å². The summed E-state index contributed by atoms with van der Waals surface area (Å²) in [5, 5.41) is 14.3. The van der Waals surface area contributed by atoms with Gasteiger partial charge in [-0.1, -0.05) is 6.92 Å². The maximum absolute atomic E-state index is 11.7. The van der Waals surface area contributed by atoms with Crippen LogP contribution in [0.15, 0.2) is 0 Å². The molecular weight excluding hydrogens is 234 g/mol. The minimum absolute atomic E-state index is 0.349. The molecule has 0 saturated carbocycles. The van der Waals surface area contributed by atoms with E-state index in [2.05, 4.69) is 22.6 Å². The summed E-state index contributed by atoms with van der Waals surface area (Å²) < 4.78 is 0. The lowest BCUT2D eigenvalue weighted by molar-refractivity contribution is -0.143. The highest BCUT2D eigenvalue weighted by Crippen LogP contribution is 2.13. The number of carboxylic acids is 1. The van der Waals surface area contributed by atoms with Crippen molar-refractivity contribution in [3.05, 3.63) is 0 Å². The van der Waals surface area contributed by atoms with Gasteiger partial charge in [-0.15, -0.1) is 0 Å². The average Bonchev–Trinajstić information content (AvgIpc) is 2.72. The molecule has 6 nitrogen and oxygen atoms in total. The van der Waals surface area contributed by atoms with E-state index in [1.165, 1.54) is 6.92 Å². The number of carbonyl (C=O) groups excluding carboxylic acids is 1. The number of amides is 2. The Morgan fingerprint density at radius 3 is 2.61 bits per heavy atom. The summed E-state index contributed by atoms with van der Waals surface area (Å²) >= 11 is 0. The van der Waals surface area contributed by atoms with Gasteiger partial charge in [0.15, 0.2) is 0 Å². The molecule has 104 valence electrons. The van der Waals surface area contributed by atoms with Crippen LogP contribution in [0.3, 0.4) is 0 Å². The van der Waals surface area contributed by atoms with Gasteiger partial charge in [-0.05, 0) is 39.3 Å². The van der Waals surface area contributed by atoms with E-state index in [-0.39, 0.29) is 0 Å². The lowest BCUT2D eigenvalue weighted by Crippen LogP contribution is -2.55. The molecule has 0 aromatic carbocycles. The van der Waals surface area contributed by atoms with Crippen molar-refractivity contribution >= 4 is 12.0 Å². The largest absolute Gasteiger partial charge is 0.480 e. The first-order valence-corrected chi connectivity index (χ1v) is 6.35. The molecule has 1 aliphatic rings. The third-order valence-electron chi connectivity index (χ3n) is 3.61. The van der Waals surface area contributed by atoms with Gasteiger partial charge in [0.25, 0.3) is 0 Å². The summed E-state index contributed by atoms with van der Waals surface area (Å²) in [6.45, 7) is 5.87. The maximum atomic E-state index is 11.7. The highest BCUT2D eigenvalue weighted by atomic mass is 16.4. The fourth-order valence-electron chi connectivity index (χ4n) is 2.02. The van der Waals surface area contributed by atoms with Crippen molar-refractivity contribution in [3.8, 4) is 0 Å². The molecule has 1 heterocycles. The Kier molecular flexibility index (Phi) is 4.95. The lowest BCUT2D eigenvalue weighted by Gasteiger charge is -2.25. The van der Waals surface area contributed by atoms with Gasteiger partial charge < -0.3 is 20.6 Å². The van der Waals surface area contributed by atoms with E-state index in [4.69, 9.17) is 5.11 Å². The average molecular weight is 257 g/mol. The van der Waals surface area contributed by atoms with E-state index in [9.17, 15) is 9.59 Å². The van der Waals surface area contributed by atoms with E-state index in [1.807, 2.05) is 0 Å². The number of aliphatic carboxylic acids is 1. The number of hydrogen-bond donors (Lipinski definition) is 3. The molecule has 18 heavy (non-hydrogen) atoms. The highest BCUT2D eigenvalue weighted by Gasteiger charge is 2.32. The van der Waals surface area contributed by atoms with Crippen molar-refractivity contribution in [1.82, 2.24) is 15.5 Å². The number of likely N-dealkylation sites (tertiary alicyclic amines) is 1. The standard InChI is InChI=1S/C12H23N3O3/c1-4-12(2,10(16)17)14-11(18)13-7-9-5-6-15(3)8-9/h9H,4-8H2,1-3H3,(H,16,17)(H2,13,14,18). The molecule has 0 radical (unpaired) electrons. The van der Waals surface area contributed by atoms with E-state index in [1.54, 1.807) is 6.92 Å². The lowest BCUT2D eigenvalue weighted by atomic mass is 10.00. The fraction of sp³-hybridized carbons (Fsp3) is 0.833. The summed E-state index contributed by atoms with van der Waals surface area (Å²) in [5.41, 5.74) is -1.20. The fourth-order valence-corrected chi connectivity index (χ4v) is 2.02. The SMILES string of the molecule is CCC(C)(NC(=O)NCC1CCN(C)C1)C(=O)O. The van der Waals surface area contributed by atoms with Crippen molar-refractivity contribution in [2.45, 2.75) is 32.2 Å². The van der Waals surface area contributed by atoms with Crippen LogP contribution in [0.25, 0.3) is 0 Å². The number of carbonyl (C=O) groups is 2. The zero-order valence-electron chi connectivity index (χ0n) is 11.3. The second kappa shape index (κ2) is 6.04. The first-order valence-electron chi connectivity index (χ1n) is 6.35. The van der Waals surface area contributed by atoms with Crippen molar-refractivity contribution in [2.75, 3.05) is 26.7 Å². The minimum Gasteiger partial charge on any atom is -0.480 e. The Labute approximate surface area is 108 Å². The monoisotopic (exact) mass is 257 g/mol. The van der Waals surface area contributed by atoms with E-state index in [0.29, 0.717) is 18.9 Å². The van der Waals surface area contributed by atoms with E-state index < -0.39 is 17.5 Å². The van der Waals surface area contributed by atoms with Crippen LogP contribution in [-0.2, 0) is 4.79 Å². The van der Waals surface area contributed by atoms with Crippen LogP contribution >= 0.6 is 0 Å². The van der Waals surface area contributed by atoms with Crippen LogP contribution in [0.2, 0.25) is 0 Å². The van der Waals surface area contributed by atoms with Crippen molar-refractivity contribution in [1.29, 1.82) is 0 Å². The van der Waals surface area contributed by atoms with E-state index >= 15 is 0 Å². The number of nitrogens with one attached hydrogen (secondary N) is 2. The molecular formula is C12H23N3O3. The Morgan fingerprint density at radius 2 is 2.17 bits per heavy atom. The summed E-state index contributed by atoms with van der Waals surface area (Å²) in [7, 11) is 2.05. The number of urea groups is 1. The molecule has 0 spiro atoms. The van der Waals surface area contributed by atoms with Crippen LogP contribution in [0.5, 0.6) is 0 Å². The quantitative estimate of drug-likeness (QED) is 0.669. The Balaban J connectivity index is 2.35. The smallest absolute Gasteiger partial charge is 0.329 e. The molecule has 2 amide bonds. The van der Waals surface area contributed by atoms with Gasteiger partial charge in [0.2, 0.25) is 0 Å². The number of rotatable bonds is 5. The zero-order chi connectivity index (χ0) is 13.8.